The van der Waals surface area contributed by atoms with Gasteiger partial charge in [-0.1, -0.05) is 6.07 Å². The fourth-order valence-electron chi connectivity index (χ4n) is 2.82. The summed E-state index contributed by atoms with van der Waals surface area (Å²) in [7, 11) is 0. The van der Waals surface area contributed by atoms with E-state index in [2.05, 4.69) is 5.32 Å². The fourth-order valence-corrected chi connectivity index (χ4v) is 2.82. The monoisotopic (exact) mass is 398 g/mol. The van der Waals surface area contributed by atoms with Crippen LogP contribution in [0, 0.1) is 0 Å². The summed E-state index contributed by atoms with van der Waals surface area (Å²) in [5.41, 5.74) is -0.329. The second kappa shape index (κ2) is 9.09. The van der Waals surface area contributed by atoms with Gasteiger partial charge in [0.1, 0.15) is 18.1 Å². The van der Waals surface area contributed by atoms with Crippen molar-refractivity contribution < 1.29 is 23.5 Å². The molecule has 29 heavy (non-hydrogen) atoms. The van der Waals surface area contributed by atoms with E-state index >= 15 is 0 Å². The van der Waals surface area contributed by atoms with Gasteiger partial charge in [0, 0.05) is 11.6 Å². The molecule has 0 radical (unpaired) electrons. The third kappa shape index (κ3) is 4.84. The lowest BCUT2D eigenvalue weighted by Gasteiger charge is -2.15. The number of pyridine rings is 1. The van der Waals surface area contributed by atoms with Crippen LogP contribution in [-0.2, 0) is 27.4 Å². The molecule has 0 aliphatic carbocycles. The minimum atomic E-state index is -0.810. The fraction of sp³-hybridized carbons (Fsp3) is 0.286. The first kappa shape index (κ1) is 20.2. The van der Waals surface area contributed by atoms with Crippen LogP contribution in [0.25, 0.3) is 10.8 Å². The van der Waals surface area contributed by atoms with E-state index in [1.165, 1.54) is 17.0 Å². The molecule has 1 aromatic carbocycles. The Morgan fingerprint density at radius 1 is 1.17 bits per heavy atom. The molecule has 0 saturated carbocycles. The van der Waals surface area contributed by atoms with Crippen molar-refractivity contribution in [3.63, 3.8) is 0 Å². The number of furan rings is 1. The van der Waals surface area contributed by atoms with Gasteiger partial charge in [0.15, 0.2) is 6.10 Å². The number of benzene rings is 1. The molecule has 0 unspecified atom stereocenters. The van der Waals surface area contributed by atoms with E-state index in [-0.39, 0.29) is 31.2 Å². The third-order valence-electron chi connectivity index (χ3n) is 4.25. The summed E-state index contributed by atoms with van der Waals surface area (Å²) in [4.78, 5) is 36.8. The number of hydrogen-bond acceptors (Lipinski definition) is 6. The Kier molecular flexibility index (Phi) is 6.33. The van der Waals surface area contributed by atoms with E-state index in [4.69, 9.17) is 13.9 Å². The van der Waals surface area contributed by atoms with Gasteiger partial charge in [-0.05, 0) is 44.2 Å². The highest BCUT2D eigenvalue weighted by Gasteiger charge is 2.18. The van der Waals surface area contributed by atoms with E-state index in [0.29, 0.717) is 22.3 Å². The Morgan fingerprint density at radius 2 is 2.00 bits per heavy atom. The van der Waals surface area contributed by atoms with Gasteiger partial charge in [0.05, 0.1) is 24.8 Å². The number of esters is 1. The number of nitrogens with zero attached hydrogens (tertiary/aromatic N) is 1. The van der Waals surface area contributed by atoms with Crippen LogP contribution in [-0.4, -0.2) is 29.2 Å². The molecule has 1 N–H and O–H groups in total. The molecule has 0 bridgehead atoms. The van der Waals surface area contributed by atoms with Crippen LogP contribution < -0.4 is 15.6 Å². The van der Waals surface area contributed by atoms with Gasteiger partial charge in [0.25, 0.3) is 5.56 Å². The van der Waals surface area contributed by atoms with Crippen LogP contribution in [0.5, 0.6) is 5.75 Å². The lowest BCUT2D eigenvalue weighted by atomic mass is 10.1. The molecule has 0 spiro atoms. The SMILES string of the molecule is CCOC(=O)[C@@H](C)Oc1cccc2c(=O)n(CC(=O)NCc3ccco3)ccc12. The first-order valence-corrected chi connectivity index (χ1v) is 9.24. The number of carbonyl (C=O) groups excluding carboxylic acids is 2. The summed E-state index contributed by atoms with van der Waals surface area (Å²) in [6.45, 7) is 3.68. The number of hydrogen-bond donors (Lipinski definition) is 1. The first-order valence-electron chi connectivity index (χ1n) is 9.24. The Hall–Kier alpha value is -3.55. The van der Waals surface area contributed by atoms with Crippen LogP contribution in [0.1, 0.15) is 19.6 Å². The van der Waals surface area contributed by atoms with Crippen LogP contribution in [0.15, 0.2) is 58.1 Å². The van der Waals surface area contributed by atoms with Crippen molar-refractivity contribution in [1.29, 1.82) is 0 Å². The number of amides is 1. The van der Waals surface area contributed by atoms with Crippen molar-refractivity contribution in [2.24, 2.45) is 0 Å². The van der Waals surface area contributed by atoms with E-state index in [1.54, 1.807) is 50.2 Å². The summed E-state index contributed by atoms with van der Waals surface area (Å²) in [6.07, 6.45) is 2.24. The lowest BCUT2D eigenvalue weighted by Crippen LogP contribution is -2.31. The molecule has 8 heteroatoms. The summed E-state index contributed by atoms with van der Waals surface area (Å²) in [5, 5.41) is 3.65. The highest BCUT2D eigenvalue weighted by molar-refractivity contribution is 5.88. The van der Waals surface area contributed by atoms with Crippen LogP contribution in [0.2, 0.25) is 0 Å². The van der Waals surface area contributed by atoms with Crippen molar-refractivity contribution in [2.45, 2.75) is 33.0 Å². The summed E-state index contributed by atoms with van der Waals surface area (Å²) >= 11 is 0. The predicted octanol–water partition coefficient (Wildman–Crippen LogP) is 2.24. The van der Waals surface area contributed by atoms with Gasteiger partial charge in [-0.15, -0.1) is 0 Å². The lowest BCUT2D eigenvalue weighted by molar-refractivity contribution is -0.150. The summed E-state index contributed by atoms with van der Waals surface area (Å²) in [5.74, 6) is 0.230. The highest BCUT2D eigenvalue weighted by Crippen LogP contribution is 2.24. The maximum Gasteiger partial charge on any atom is 0.347 e. The quantitative estimate of drug-likeness (QED) is 0.584. The largest absolute Gasteiger partial charge is 0.478 e. The second-order valence-electron chi connectivity index (χ2n) is 6.33. The predicted molar refractivity (Wildman–Crippen MR) is 105 cm³/mol. The van der Waals surface area contributed by atoms with Gasteiger partial charge in [0.2, 0.25) is 5.91 Å². The topological polar surface area (TPSA) is 99.8 Å². The van der Waals surface area contributed by atoms with Gasteiger partial charge in [-0.2, -0.15) is 0 Å². The average Bonchev–Trinajstić information content (AvgIpc) is 3.23. The zero-order valence-corrected chi connectivity index (χ0v) is 16.2. The maximum absolute atomic E-state index is 12.8. The van der Waals surface area contributed by atoms with Crippen LogP contribution in [0.4, 0.5) is 0 Å². The van der Waals surface area contributed by atoms with E-state index in [1.807, 2.05) is 0 Å². The normalized spacial score (nSPS) is 11.8. The molecule has 0 saturated heterocycles. The van der Waals surface area contributed by atoms with Crippen molar-refractivity contribution in [3.05, 3.63) is 65.0 Å². The second-order valence-corrected chi connectivity index (χ2v) is 6.33. The molecule has 0 fully saturated rings. The Morgan fingerprint density at radius 3 is 2.72 bits per heavy atom. The summed E-state index contributed by atoms with van der Waals surface area (Å²) < 4.78 is 17.1. The first-order chi connectivity index (χ1) is 14.0. The molecule has 3 rings (SSSR count). The molecule has 2 heterocycles. The molecule has 8 nitrogen and oxygen atoms in total. The third-order valence-corrected chi connectivity index (χ3v) is 4.25. The Labute approximate surface area is 167 Å². The number of nitrogens with one attached hydrogen (secondary N) is 1. The Bertz CT molecular complexity index is 1050. The minimum absolute atomic E-state index is 0.125. The summed E-state index contributed by atoms with van der Waals surface area (Å²) in [6, 6.07) is 10.2. The standard InChI is InChI=1S/C21H22N2O6/c1-3-27-21(26)14(2)29-18-8-4-7-17-16(18)9-10-23(20(17)25)13-19(24)22-12-15-6-5-11-28-15/h4-11,14H,3,12-13H2,1-2H3,(H,22,24)/t14-/m1/s1. The molecule has 152 valence electrons. The van der Waals surface area contributed by atoms with Gasteiger partial charge < -0.3 is 23.8 Å². The van der Waals surface area contributed by atoms with E-state index < -0.39 is 12.1 Å². The van der Waals surface area contributed by atoms with Gasteiger partial charge >= 0.3 is 5.97 Å². The average molecular weight is 398 g/mol. The number of rotatable bonds is 8. The minimum Gasteiger partial charge on any atom is -0.478 e. The highest BCUT2D eigenvalue weighted by atomic mass is 16.6. The number of ether oxygens (including phenoxy) is 2. The number of fused-ring (bicyclic) bond motifs is 1. The van der Waals surface area contributed by atoms with Crippen LogP contribution >= 0.6 is 0 Å². The molecule has 3 aromatic rings. The molecular formula is C21H22N2O6. The maximum atomic E-state index is 12.8. The zero-order valence-electron chi connectivity index (χ0n) is 16.2. The molecular weight excluding hydrogens is 376 g/mol. The number of carbonyl (C=O) groups is 2. The molecule has 2 aromatic heterocycles. The van der Waals surface area contributed by atoms with Crippen LogP contribution in [0.3, 0.4) is 0 Å². The van der Waals surface area contributed by atoms with Crippen molar-refractivity contribution in [3.8, 4) is 5.75 Å². The zero-order chi connectivity index (χ0) is 20.8. The molecule has 0 aliphatic heterocycles. The molecule has 1 amide bonds. The van der Waals surface area contributed by atoms with Crippen molar-refractivity contribution in [1.82, 2.24) is 9.88 Å². The van der Waals surface area contributed by atoms with Gasteiger partial charge in [-0.25, -0.2) is 4.79 Å². The number of aromatic nitrogens is 1. The van der Waals surface area contributed by atoms with E-state index in [0.717, 1.165) is 0 Å². The van der Waals surface area contributed by atoms with E-state index in [9.17, 15) is 14.4 Å². The molecule has 1 atom stereocenters. The smallest absolute Gasteiger partial charge is 0.347 e. The van der Waals surface area contributed by atoms with Gasteiger partial charge in [-0.3, -0.25) is 9.59 Å². The van der Waals surface area contributed by atoms with Crippen molar-refractivity contribution in [2.75, 3.05) is 6.61 Å². The Balaban J connectivity index is 1.76. The van der Waals surface area contributed by atoms with Crippen molar-refractivity contribution >= 4 is 22.6 Å². The molecule has 0 aliphatic rings.